The second kappa shape index (κ2) is 3.30. The molecule has 0 aliphatic carbocycles. The van der Waals surface area contributed by atoms with E-state index in [2.05, 4.69) is 31.5 Å². The molecule has 1 aromatic carbocycles. The van der Waals surface area contributed by atoms with Gasteiger partial charge in [-0.05, 0) is 29.7 Å². The van der Waals surface area contributed by atoms with Gasteiger partial charge in [0, 0.05) is 23.6 Å². The molecule has 0 spiro atoms. The van der Waals surface area contributed by atoms with Crippen LogP contribution in [0.15, 0.2) is 30.5 Å². The highest BCUT2D eigenvalue weighted by atomic mass is 16.3. The van der Waals surface area contributed by atoms with Gasteiger partial charge in [-0.2, -0.15) is 0 Å². The molecule has 0 bridgehead atoms. The molecular weight excluding hydrogens is 186 g/mol. The lowest BCUT2D eigenvalue weighted by Crippen LogP contribution is -2.14. The predicted molar refractivity (Wildman–Crippen MR) is 63.1 cm³/mol. The van der Waals surface area contributed by atoms with Crippen LogP contribution in [0.1, 0.15) is 20.8 Å². The number of phenolic OH excluding ortho intramolecular Hbond substituents is 1. The van der Waals surface area contributed by atoms with Crippen LogP contribution in [-0.4, -0.2) is 9.67 Å². The van der Waals surface area contributed by atoms with Crippen LogP contribution in [0.5, 0.6) is 5.75 Å². The summed E-state index contributed by atoms with van der Waals surface area (Å²) in [6.07, 6.45) is 2.08. The lowest BCUT2D eigenvalue weighted by molar-refractivity contribution is 0.349. The van der Waals surface area contributed by atoms with Gasteiger partial charge in [-0.25, -0.2) is 0 Å². The van der Waals surface area contributed by atoms with Gasteiger partial charge in [-0.15, -0.1) is 0 Å². The number of hydrogen-bond donors (Lipinski definition) is 1. The first-order valence-electron chi connectivity index (χ1n) is 5.24. The van der Waals surface area contributed by atoms with Crippen molar-refractivity contribution < 1.29 is 5.11 Å². The molecule has 1 N–H and O–H groups in total. The number of fused-ring (bicyclic) bond motifs is 1. The Kier molecular flexibility index (Phi) is 2.22. The van der Waals surface area contributed by atoms with Crippen LogP contribution >= 0.6 is 0 Å². The maximum atomic E-state index is 9.36. The summed E-state index contributed by atoms with van der Waals surface area (Å²) in [5.41, 5.74) is 1.45. The van der Waals surface area contributed by atoms with E-state index < -0.39 is 0 Å². The minimum absolute atomic E-state index is 0.268. The fraction of sp³-hybridized carbons (Fsp3) is 0.385. The molecular formula is C13H17NO. The zero-order valence-electron chi connectivity index (χ0n) is 9.49. The summed E-state index contributed by atoms with van der Waals surface area (Å²) in [6.45, 7) is 7.65. The van der Waals surface area contributed by atoms with Crippen LogP contribution in [0, 0.1) is 5.41 Å². The number of rotatable bonds is 1. The van der Waals surface area contributed by atoms with Gasteiger partial charge >= 0.3 is 0 Å². The smallest absolute Gasteiger partial charge is 0.116 e. The Labute approximate surface area is 90.2 Å². The molecule has 80 valence electrons. The summed E-state index contributed by atoms with van der Waals surface area (Å²) >= 11 is 0. The first kappa shape index (κ1) is 10.1. The van der Waals surface area contributed by atoms with Crippen LogP contribution in [-0.2, 0) is 6.54 Å². The van der Waals surface area contributed by atoms with Crippen LogP contribution in [0.2, 0.25) is 0 Å². The molecule has 2 rings (SSSR count). The molecule has 2 nitrogen and oxygen atoms in total. The van der Waals surface area contributed by atoms with Crippen molar-refractivity contribution >= 4 is 10.9 Å². The summed E-state index contributed by atoms with van der Waals surface area (Å²) in [4.78, 5) is 0. The van der Waals surface area contributed by atoms with E-state index in [9.17, 15) is 5.11 Å². The maximum Gasteiger partial charge on any atom is 0.116 e. The lowest BCUT2D eigenvalue weighted by Gasteiger charge is -2.19. The van der Waals surface area contributed by atoms with E-state index in [0.29, 0.717) is 5.75 Å². The minimum atomic E-state index is 0.268. The molecule has 1 heterocycles. The normalized spacial score (nSPS) is 12.2. The SMILES string of the molecule is CC(C)(C)Cn1ccc2cc(O)ccc21. The zero-order chi connectivity index (χ0) is 11.1. The van der Waals surface area contributed by atoms with Gasteiger partial charge in [0.05, 0.1) is 0 Å². The zero-order valence-corrected chi connectivity index (χ0v) is 9.49. The highest BCUT2D eigenvalue weighted by Crippen LogP contribution is 2.24. The summed E-state index contributed by atoms with van der Waals surface area (Å²) in [7, 11) is 0. The first-order valence-corrected chi connectivity index (χ1v) is 5.24. The molecule has 15 heavy (non-hydrogen) atoms. The van der Waals surface area contributed by atoms with E-state index >= 15 is 0 Å². The van der Waals surface area contributed by atoms with Gasteiger partial charge in [0.15, 0.2) is 0 Å². The molecule has 2 aromatic rings. The fourth-order valence-corrected chi connectivity index (χ4v) is 1.84. The third-order valence-corrected chi connectivity index (χ3v) is 2.40. The third-order valence-electron chi connectivity index (χ3n) is 2.40. The van der Waals surface area contributed by atoms with Gasteiger partial charge in [0.2, 0.25) is 0 Å². The largest absolute Gasteiger partial charge is 0.508 e. The molecule has 0 aliphatic rings. The molecule has 0 fully saturated rings. The molecule has 0 saturated heterocycles. The Morgan fingerprint density at radius 1 is 1.20 bits per heavy atom. The van der Waals surface area contributed by atoms with Gasteiger partial charge in [0.25, 0.3) is 0 Å². The van der Waals surface area contributed by atoms with E-state index in [4.69, 9.17) is 0 Å². The number of aromatic nitrogens is 1. The molecule has 0 atom stereocenters. The predicted octanol–water partition coefficient (Wildman–Crippen LogP) is 3.39. The Morgan fingerprint density at radius 2 is 1.93 bits per heavy atom. The Bertz CT molecular complexity index is 477. The van der Waals surface area contributed by atoms with E-state index in [0.717, 1.165) is 11.9 Å². The van der Waals surface area contributed by atoms with Crippen molar-refractivity contribution in [3.63, 3.8) is 0 Å². The van der Waals surface area contributed by atoms with Crippen molar-refractivity contribution in [3.05, 3.63) is 30.5 Å². The second-order valence-corrected chi connectivity index (χ2v) is 5.25. The van der Waals surface area contributed by atoms with Crippen LogP contribution in [0.4, 0.5) is 0 Å². The number of nitrogens with zero attached hydrogens (tertiary/aromatic N) is 1. The molecule has 0 aliphatic heterocycles. The van der Waals surface area contributed by atoms with Gasteiger partial charge in [-0.1, -0.05) is 20.8 Å². The highest BCUT2D eigenvalue weighted by molar-refractivity contribution is 5.81. The van der Waals surface area contributed by atoms with Gasteiger partial charge in [-0.3, -0.25) is 0 Å². The summed E-state index contributed by atoms with van der Waals surface area (Å²) < 4.78 is 2.23. The standard InChI is InChI=1S/C13H17NO/c1-13(2,3)9-14-7-6-10-8-11(15)4-5-12(10)14/h4-8,15H,9H2,1-3H3. The summed E-state index contributed by atoms with van der Waals surface area (Å²) in [5.74, 6) is 0.330. The maximum absolute atomic E-state index is 9.36. The van der Waals surface area contributed by atoms with Crippen LogP contribution in [0.3, 0.4) is 0 Å². The fourth-order valence-electron chi connectivity index (χ4n) is 1.84. The number of phenols is 1. The van der Waals surface area contributed by atoms with E-state index in [1.54, 1.807) is 12.1 Å². The highest BCUT2D eigenvalue weighted by Gasteiger charge is 2.12. The van der Waals surface area contributed by atoms with Gasteiger partial charge in [0.1, 0.15) is 5.75 Å². The van der Waals surface area contributed by atoms with Crippen LogP contribution < -0.4 is 0 Å². The number of hydrogen-bond acceptors (Lipinski definition) is 1. The number of benzene rings is 1. The monoisotopic (exact) mass is 203 g/mol. The first-order chi connectivity index (χ1) is 6.96. The van der Waals surface area contributed by atoms with Crippen molar-refractivity contribution in [1.29, 1.82) is 0 Å². The molecule has 0 saturated carbocycles. The molecule has 0 amide bonds. The van der Waals surface area contributed by atoms with Gasteiger partial charge < -0.3 is 9.67 Å². The van der Waals surface area contributed by atoms with E-state index in [1.165, 1.54) is 5.52 Å². The van der Waals surface area contributed by atoms with Crippen molar-refractivity contribution in [2.24, 2.45) is 5.41 Å². The summed E-state index contributed by atoms with van der Waals surface area (Å²) in [5, 5.41) is 10.5. The average Bonchev–Trinajstić information content (AvgIpc) is 2.45. The van der Waals surface area contributed by atoms with Crippen LogP contribution in [0.25, 0.3) is 10.9 Å². The average molecular weight is 203 g/mol. The van der Waals surface area contributed by atoms with E-state index in [1.807, 2.05) is 12.1 Å². The summed E-state index contributed by atoms with van der Waals surface area (Å²) in [6, 6.07) is 7.55. The van der Waals surface area contributed by atoms with Crippen molar-refractivity contribution in [1.82, 2.24) is 4.57 Å². The molecule has 2 heteroatoms. The molecule has 1 aromatic heterocycles. The lowest BCUT2D eigenvalue weighted by atomic mass is 9.97. The topological polar surface area (TPSA) is 25.2 Å². The Hall–Kier alpha value is -1.44. The van der Waals surface area contributed by atoms with E-state index in [-0.39, 0.29) is 5.41 Å². The number of aromatic hydroxyl groups is 1. The molecule has 0 radical (unpaired) electrons. The molecule has 0 unspecified atom stereocenters. The minimum Gasteiger partial charge on any atom is -0.508 e. The van der Waals surface area contributed by atoms with Crippen molar-refractivity contribution in [2.45, 2.75) is 27.3 Å². The quantitative estimate of drug-likeness (QED) is 0.755. The Morgan fingerprint density at radius 3 is 2.60 bits per heavy atom. The Balaban J connectivity index is 2.45. The third kappa shape index (κ3) is 2.14. The van der Waals surface area contributed by atoms with Crippen molar-refractivity contribution in [3.8, 4) is 5.75 Å². The van der Waals surface area contributed by atoms with Crippen molar-refractivity contribution in [2.75, 3.05) is 0 Å². The second-order valence-electron chi connectivity index (χ2n) is 5.25.